The number of likely N-dealkylation sites (tertiary alicyclic amines) is 1. The summed E-state index contributed by atoms with van der Waals surface area (Å²) >= 11 is 0. The molecule has 0 aromatic rings. The highest BCUT2D eigenvalue weighted by Gasteiger charge is 2.48. The molecule has 2 rings (SSSR count). The molecule has 12 heteroatoms. The molecule has 2 fully saturated rings. The molecule has 2 saturated heterocycles. The second-order valence-electron chi connectivity index (χ2n) is 8.78. The number of rotatable bonds is 10. The lowest BCUT2D eigenvalue weighted by molar-refractivity contribution is -0.144. The highest BCUT2D eigenvalue weighted by molar-refractivity contribution is 7.51. The van der Waals surface area contributed by atoms with Gasteiger partial charge in [0.15, 0.2) is 6.10 Å². The molecule has 1 amide bonds. The third kappa shape index (κ3) is 8.12. The van der Waals surface area contributed by atoms with Gasteiger partial charge in [-0.15, -0.1) is 0 Å². The molecule has 3 atom stereocenters. The third-order valence-electron chi connectivity index (χ3n) is 5.45. The number of nitrogens with zero attached hydrogens (tertiary/aromatic N) is 1. The Balaban J connectivity index is 0.00000544. The smallest absolute Gasteiger partial charge is 0.407 e. The lowest BCUT2D eigenvalue weighted by atomic mass is 9.87. The summed E-state index contributed by atoms with van der Waals surface area (Å²) in [5.41, 5.74) is -0.775. The van der Waals surface area contributed by atoms with E-state index in [2.05, 4.69) is 20.0 Å². The fourth-order valence-corrected chi connectivity index (χ4v) is 5.44. The highest BCUT2D eigenvalue weighted by atomic mass is 31.2. The molecule has 2 heterocycles. The molecule has 11 nitrogen and oxygen atoms in total. The zero-order chi connectivity index (χ0) is 23.8. The van der Waals surface area contributed by atoms with Crippen LogP contribution in [0.25, 0.3) is 0 Å². The molecule has 32 heavy (non-hydrogen) atoms. The van der Waals surface area contributed by atoms with Crippen LogP contribution >= 0.6 is 7.75 Å². The normalized spacial score (nSPS) is 26.7. The minimum Gasteiger partial charge on any atom is -0.468 e. The first kappa shape index (κ1) is 26.7. The number of esters is 2. The number of carbonyl (C=O) groups is 3. The monoisotopic (exact) mass is 481 g/mol. The minimum absolute atomic E-state index is 0. The molecule has 0 saturated carbocycles. The van der Waals surface area contributed by atoms with Crippen LogP contribution in [0.1, 0.15) is 49.3 Å². The van der Waals surface area contributed by atoms with Crippen LogP contribution in [0.5, 0.6) is 0 Å². The van der Waals surface area contributed by atoms with Gasteiger partial charge in [-0.05, 0) is 32.9 Å². The maximum Gasteiger partial charge on any atom is 0.407 e. The Bertz CT molecular complexity index is 722. The molecule has 0 aliphatic carbocycles. The van der Waals surface area contributed by atoms with Crippen LogP contribution in [-0.2, 0) is 37.5 Å². The number of ether oxygens (including phenoxy) is 2. The van der Waals surface area contributed by atoms with Crippen LogP contribution in [-0.4, -0.2) is 81.4 Å². The summed E-state index contributed by atoms with van der Waals surface area (Å²) in [6.45, 7) is 8.07. The van der Waals surface area contributed by atoms with Crippen LogP contribution < -0.4 is 10.4 Å². The zero-order valence-electron chi connectivity index (χ0n) is 19.4. The average Bonchev–Trinajstić information content (AvgIpc) is 2.75. The Labute approximate surface area is 192 Å². The van der Waals surface area contributed by atoms with Gasteiger partial charge >= 0.3 is 19.7 Å². The highest BCUT2D eigenvalue weighted by Crippen LogP contribution is 2.53. The first-order chi connectivity index (χ1) is 15.1. The summed E-state index contributed by atoms with van der Waals surface area (Å²) in [6.07, 6.45) is 2.52. The number of methoxy groups -OCH3 is 1. The molecule has 0 bridgehead atoms. The number of carbonyl (C=O) groups excluding carboxylic acids is 3. The zero-order valence-corrected chi connectivity index (χ0v) is 20.3. The van der Waals surface area contributed by atoms with Gasteiger partial charge in [-0.1, -0.05) is 20.3 Å². The van der Waals surface area contributed by atoms with E-state index in [1.54, 1.807) is 13.8 Å². The molecule has 1 unspecified atom stereocenters. The van der Waals surface area contributed by atoms with Gasteiger partial charge in [0.1, 0.15) is 12.6 Å². The Morgan fingerprint density at radius 2 is 1.94 bits per heavy atom. The van der Waals surface area contributed by atoms with Crippen LogP contribution in [0, 0.1) is 5.41 Å². The van der Waals surface area contributed by atoms with E-state index >= 15 is 0 Å². The molecular weight excluding hydrogens is 441 g/mol. The number of nitrogens with one attached hydrogen (secondary N) is 2. The van der Waals surface area contributed by atoms with Crippen molar-refractivity contribution in [1.29, 1.82) is 0 Å². The van der Waals surface area contributed by atoms with Crippen molar-refractivity contribution in [2.45, 2.75) is 58.6 Å². The van der Waals surface area contributed by atoms with E-state index in [9.17, 15) is 18.9 Å². The maximum atomic E-state index is 12.9. The summed E-state index contributed by atoms with van der Waals surface area (Å²) in [5, 5.41) is 5.10. The largest absolute Gasteiger partial charge is 0.468 e. The van der Waals surface area contributed by atoms with Gasteiger partial charge in [0.2, 0.25) is 5.91 Å². The van der Waals surface area contributed by atoms with Crippen LogP contribution in [0.4, 0.5) is 0 Å². The molecule has 0 aromatic carbocycles. The van der Waals surface area contributed by atoms with E-state index in [-0.39, 0.29) is 22.4 Å². The average molecular weight is 482 g/mol. The fraction of sp³-hybridized carbons (Fsp3) is 0.850. The summed E-state index contributed by atoms with van der Waals surface area (Å²) in [5.74, 6) is -1.56. The molecule has 2 aliphatic heterocycles. The van der Waals surface area contributed by atoms with Crippen LogP contribution in [0.3, 0.4) is 0 Å². The van der Waals surface area contributed by atoms with Crippen molar-refractivity contribution in [3.8, 4) is 0 Å². The number of piperidine rings is 1. The van der Waals surface area contributed by atoms with E-state index in [1.807, 2.05) is 0 Å². The van der Waals surface area contributed by atoms with Crippen molar-refractivity contribution in [2.24, 2.45) is 5.41 Å². The predicted molar refractivity (Wildman–Crippen MR) is 120 cm³/mol. The van der Waals surface area contributed by atoms with Gasteiger partial charge in [0, 0.05) is 21.4 Å². The second-order valence-corrected chi connectivity index (χ2v) is 10.5. The van der Waals surface area contributed by atoms with Gasteiger partial charge in [-0.2, -0.15) is 0 Å². The molecule has 2 N–H and O–H groups in total. The van der Waals surface area contributed by atoms with E-state index in [0.717, 1.165) is 13.1 Å². The van der Waals surface area contributed by atoms with Crippen molar-refractivity contribution < 1.29 is 40.3 Å². The van der Waals surface area contributed by atoms with Crippen LogP contribution in [0.2, 0.25) is 0 Å². The topological polar surface area (TPSA) is 132 Å². The standard InChI is InChI=1S/C20H36N3O8P.2H2/c1-15(19(26)28-4)22-32(27)30-14-20(2,3)17(31-32)18(25)21-9-8-16(24)29-13-12-23-10-6-5-7-11-23;;/h15,17H,5-14H2,1-4H3,(H,21,25)(H,22,27);2*1H/t15-,17-,32?;;/m0../s1. The lowest BCUT2D eigenvalue weighted by Crippen LogP contribution is -2.51. The summed E-state index contributed by atoms with van der Waals surface area (Å²) in [7, 11) is -2.71. The van der Waals surface area contributed by atoms with Crippen molar-refractivity contribution in [1.82, 2.24) is 15.3 Å². The SMILES string of the molecule is COC(=O)[C@H](C)NP1(=O)OCC(C)(C)[C@H](C(=O)NCCC(=O)OCCN2CCCCC2)O1.[HH].[HH]. The van der Waals surface area contributed by atoms with Gasteiger partial charge in [-0.3, -0.25) is 28.3 Å². The molecule has 0 aromatic heterocycles. The summed E-state index contributed by atoms with van der Waals surface area (Å²) in [6, 6.07) is -0.949. The van der Waals surface area contributed by atoms with Crippen molar-refractivity contribution in [3.05, 3.63) is 0 Å². The van der Waals surface area contributed by atoms with Crippen molar-refractivity contribution >= 4 is 25.6 Å². The lowest BCUT2D eigenvalue weighted by Gasteiger charge is -2.40. The summed E-state index contributed by atoms with van der Waals surface area (Å²) < 4.78 is 33.5. The van der Waals surface area contributed by atoms with Gasteiger partial charge < -0.3 is 14.8 Å². The second kappa shape index (κ2) is 12.1. The maximum absolute atomic E-state index is 12.9. The Kier molecular flexibility index (Phi) is 10.1. The number of hydrogen-bond acceptors (Lipinski definition) is 9. The van der Waals surface area contributed by atoms with E-state index < -0.39 is 43.2 Å². The van der Waals surface area contributed by atoms with Crippen LogP contribution in [0.15, 0.2) is 0 Å². The predicted octanol–water partition coefficient (Wildman–Crippen LogP) is 1.71. The van der Waals surface area contributed by atoms with E-state index in [0.29, 0.717) is 13.2 Å². The number of amides is 1. The van der Waals surface area contributed by atoms with Crippen molar-refractivity contribution in [2.75, 3.05) is 46.5 Å². The molecule has 0 radical (unpaired) electrons. The third-order valence-corrected chi connectivity index (χ3v) is 7.11. The van der Waals surface area contributed by atoms with Gasteiger partial charge in [0.25, 0.3) is 0 Å². The van der Waals surface area contributed by atoms with Crippen molar-refractivity contribution in [3.63, 3.8) is 0 Å². The Morgan fingerprint density at radius 3 is 2.59 bits per heavy atom. The molecule has 2 aliphatic rings. The van der Waals surface area contributed by atoms with E-state index in [1.165, 1.54) is 33.3 Å². The first-order valence-corrected chi connectivity index (χ1v) is 12.5. The molecule has 0 spiro atoms. The quantitative estimate of drug-likeness (QED) is 0.351. The fourth-order valence-electron chi connectivity index (χ4n) is 3.50. The number of hydrogen-bond donors (Lipinski definition) is 2. The van der Waals surface area contributed by atoms with E-state index in [4.69, 9.17) is 13.8 Å². The molecule has 188 valence electrons. The van der Waals surface area contributed by atoms with Gasteiger partial charge in [0.05, 0.1) is 20.1 Å². The summed E-state index contributed by atoms with van der Waals surface area (Å²) in [4.78, 5) is 38.5. The van der Waals surface area contributed by atoms with Gasteiger partial charge in [-0.25, -0.2) is 9.65 Å². The Morgan fingerprint density at radius 1 is 1.25 bits per heavy atom. The molecular formula is C20H40N3O8P. The minimum atomic E-state index is -3.91. The Hall–Kier alpha value is -1.52. The first-order valence-electron chi connectivity index (χ1n) is 11.0.